The molecule has 0 aliphatic rings. The summed E-state index contributed by atoms with van der Waals surface area (Å²) in [5.74, 6) is 0.777. The first kappa shape index (κ1) is 20.4. The number of ether oxygens (including phenoxy) is 2. The quantitative estimate of drug-likeness (QED) is 0.371. The van der Waals surface area contributed by atoms with Gasteiger partial charge < -0.3 is 14.0 Å². The first-order chi connectivity index (χ1) is 15.0. The third kappa shape index (κ3) is 3.82. The van der Waals surface area contributed by atoms with Gasteiger partial charge in [-0.1, -0.05) is 47.6 Å². The smallest absolute Gasteiger partial charge is 0.337 e. The van der Waals surface area contributed by atoms with Crippen molar-refractivity contribution in [2.24, 2.45) is 0 Å². The van der Waals surface area contributed by atoms with Crippen molar-refractivity contribution in [1.82, 2.24) is 5.16 Å². The molecule has 0 N–H and O–H groups in total. The maximum atomic E-state index is 11.8. The molecule has 1 heterocycles. The number of methoxy groups -OCH3 is 2. The summed E-state index contributed by atoms with van der Waals surface area (Å²) in [5, 5.41) is 4.25. The summed E-state index contributed by atoms with van der Waals surface area (Å²) in [6.07, 6.45) is 0. The second-order valence-corrected chi connectivity index (χ2v) is 7.26. The minimum Gasteiger partial charge on any atom is -0.496 e. The van der Waals surface area contributed by atoms with Crippen LogP contribution in [0.25, 0.3) is 33.7 Å². The monoisotopic (exact) mass is 413 g/mol. The van der Waals surface area contributed by atoms with Gasteiger partial charge in [0.05, 0.1) is 19.8 Å². The molecule has 0 aliphatic heterocycles. The molecule has 0 unspecified atom stereocenters. The Labute approximate surface area is 181 Å². The van der Waals surface area contributed by atoms with E-state index in [9.17, 15) is 4.79 Å². The highest BCUT2D eigenvalue weighted by Gasteiger charge is 2.18. The van der Waals surface area contributed by atoms with Crippen LogP contribution in [0.2, 0.25) is 0 Å². The van der Waals surface area contributed by atoms with E-state index in [-0.39, 0.29) is 0 Å². The zero-order valence-corrected chi connectivity index (χ0v) is 17.9. The molecule has 0 amide bonds. The third-order valence-electron chi connectivity index (χ3n) is 5.55. The summed E-state index contributed by atoms with van der Waals surface area (Å²) in [6.45, 7) is 4.21. The minimum absolute atomic E-state index is 0.412. The van der Waals surface area contributed by atoms with E-state index < -0.39 is 5.97 Å². The van der Waals surface area contributed by atoms with E-state index in [2.05, 4.69) is 43.3 Å². The Morgan fingerprint density at radius 2 is 1.52 bits per heavy atom. The first-order valence-electron chi connectivity index (χ1n) is 9.93. The van der Waals surface area contributed by atoms with Crippen LogP contribution in [0.3, 0.4) is 0 Å². The number of nitrogens with zero attached hydrogens (tertiary/aromatic N) is 1. The van der Waals surface area contributed by atoms with Crippen molar-refractivity contribution in [3.63, 3.8) is 0 Å². The third-order valence-corrected chi connectivity index (χ3v) is 5.55. The predicted molar refractivity (Wildman–Crippen MR) is 120 cm³/mol. The highest BCUT2D eigenvalue weighted by Crippen LogP contribution is 2.36. The zero-order chi connectivity index (χ0) is 22.0. The highest BCUT2D eigenvalue weighted by molar-refractivity contribution is 5.91. The molecule has 0 bridgehead atoms. The summed E-state index contributed by atoms with van der Waals surface area (Å²) in [7, 11) is 2.90. The molecule has 0 saturated heterocycles. The second-order valence-electron chi connectivity index (χ2n) is 7.26. The van der Waals surface area contributed by atoms with E-state index in [4.69, 9.17) is 14.0 Å². The molecule has 0 spiro atoms. The fourth-order valence-electron chi connectivity index (χ4n) is 3.69. The topological polar surface area (TPSA) is 61.6 Å². The number of aromatic nitrogens is 1. The van der Waals surface area contributed by atoms with Gasteiger partial charge in [-0.15, -0.1) is 0 Å². The van der Waals surface area contributed by atoms with Crippen LogP contribution in [0.1, 0.15) is 21.5 Å². The van der Waals surface area contributed by atoms with Gasteiger partial charge in [0, 0.05) is 17.2 Å². The van der Waals surface area contributed by atoms with E-state index in [0.717, 1.165) is 16.7 Å². The molecule has 0 radical (unpaired) electrons. The summed E-state index contributed by atoms with van der Waals surface area (Å²) < 4.78 is 15.9. The lowest BCUT2D eigenvalue weighted by atomic mass is 9.92. The van der Waals surface area contributed by atoms with Crippen LogP contribution in [0.15, 0.2) is 71.3 Å². The number of benzene rings is 3. The Balaban J connectivity index is 1.71. The Morgan fingerprint density at radius 1 is 0.839 bits per heavy atom. The van der Waals surface area contributed by atoms with Crippen molar-refractivity contribution in [3.8, 4) is 39.5 Å². The van der Waals surface area contributed by atoms with Gasteiger partial charge in [-0.25, -0.2) is 4.79 Å². The molecule has 4 rings (SSSR count). The van der Waals surface area contributed by atoms with E-state index in [1.165, 1.54) is 23.8 Å². The molecule has 0 atom stereocenters. The Bertz CT molecular complexity index is 1240. The zero-order valence-electron chi connectivity index (χ0n) is 17.9. The minimum atomic E-state index is -0.421. The molecule has 1 aromatic heterocycles. The van der Waals surface area contributed by atoms with Gasteiger partial charge >= 0.3 is 5.97 Å². The summed E-state index contributed by atoms with van der Waals surface area (Å²) in [4.78, 5) is 11.8. The van der Waals surface area contributed by atoms with E-state index in [1.54, 1.807) is 25.3 Å². The molecular formula is C26H23NO4. The van der Waals surface area contributed by atoms with E-state index >= 15 is 0 Å². The summed E-state index contributed by atoms with van der Waals surface area (Å²) in [5.41, 5.74) is 7.48. The van der Waals surface area contributed by atoms with Gasteiger partial charge in [0.15, 0.2) is 5.76 Å². The molecule has 31 heavy (non-hydrogen) atoms. The van der Waals surface area contributed by atoms with Crippen LogP contribution in [0.4, 0.5) is 0 Å². The Hall–Kier alpha value is -3.86. The van der Waals surface area contributed by atoms with Gasteiger partial charge in [-0.05, 0) is 54.3 Å². The molecule has 4 aromatic rings. The predicted octanol–water partition coefficient (Wildman–Crippen LogP) is 6.09. The lowest BCUT2D eigenvalue weighted by molar-refractivity contribution is 0.0600. The molecule has 0 saturated carbocycles. The molecule has 0 aliphatic carbocycles. The van der Waals surface area contributed by atoms with Crippen LogP contribution >= 0.6 is 0 Å². The van der Waals surface area contributed by atoms with Crippen LogP contribution in [-0.4, -0.2) is 25.3 Å². The molecular weight excluding hydrogens is 390 g/mol. The molecule has 3 aromatic carbocycles. The molecule has 5 nitrogen and oxygen atoms in total. The Kier molecular flexibility index (Phi) is 5.58. The van der Waals surface area contributed by atoms with Crippen molar-refractivity contribution < 1.29 is 18.8 Å². The highest BCUT2D eigenvalue weighted by atomic mass is 16.5. The van der Waals surface area contributed by atoms with Crippen LogP contribution in [0, 0.1) is 13.8 Å². The van der Waals surface area contributed by atoms with Crippen molar-refractivity contribution in [3.05, 3.63) is 83.4 Å². The maximum Gasteiger partial charge on any atom is 0.337 e. The molecule has 5 heteroatoms. The van der Waals surface area contributed by atoms with Gasteiger partial charge in [0.2, 0.25) is 0 Å². The summed E-state index contributed by atoms with van der Waals surface area (Å²) >= 11 is 0. The van der Waals surface area contributed by atoms with Crippen molar-refractivity contribution in [1.29, 1.82) is 0 Å². The lowest BCUT2D eigenvalue weighted by Gasteiger charge is -2.12. The fourth-order valence-corrected chi connectivity index (χ4v) is 3.69. The van der Waals surface area contributed by atoms with Crippen LogP contribution < -0.4 is 4.74 Å². The van der Waals surface area contributed by atoms with Gasteiger partial charge in [-0.2, -0.15) is 0 Å². The van der Waals surface area contributed by atoms with Crippen molar-refractivity contribution >= 4 is 5.97 Å². The van der Waals surface area contributed by atoms with E-state index in [1.807, 2.05) is 24.3 Å². The van der Waals surface area contributed by atoms with Crippen molar-refractivity contribution in [2.75, 3.05) is 14.2 Å². The summed E-state index contributed by atoms with van der Waals surface area (Å²) in [6, 6.07) is 21.5. The van der Waals surface area contributed by atoms with Gasteiger partial charge in [-0.3, -0.25) is 0 Å². The molecule has 0 fully saturated rings. The molecule has 156 valence electrons. The maximum absolute atomic E-state index is 11.8. The van der Waals surface area contributed by atoms with Gasteiger partial charge in [0.25, 0.3) is 0 Å². The second kappa shape index (κ2) is 8.48. The number of esters is 1. The van der Waals surface area contributed by atoms with Crippen LogP contribution in [0.5, 0.6) is 5.75 Å². The average molecular weight is 413 g/mol. The SMILES string of the molecule is COC(=O)c1ccc(-c2cc(-c3ccc(-c4ccccc4)c(C)c3C)on2)c(OC)c1. The van der Waals surface area contributed by atoms with Crippen LogP contribution in [-0.2, 0) is 4.74 Å². The largest absolute Gasteiger partial charge is 0.496 e. The Morgan fingerprint density at radius 3 is 2.23 bits per heavy atom. The first-order valence-corrected chi connectivity index (χ1v) is 9.93. The number of carbonyl (C=O) groups excluding carboxylic acids is 1. The number of hydrogen-bond acceptors (Lipinski definition) is 5. The number of hydrogen-bond donors (Lipinski definition) is 0. The average Bonchev–Trinajstić information content (AvgIpc) is 3.30. The lowest BCUT2D eigenvalue weighted by Crippen LogP contribution is -2.01. The number of carbonyl (C=O) groups is 1. The van der Waals surface area contributed by atoms with Gasteiger partial charge in [0.1, 0.15) is 11.4 Å². The standard InChI is InChI=1S/C26H23NO4/c1-16-17(2)21(13-12-20(16)18-8-6-5-7-9-18)25-15-23(27-31-25)22-11-10-19(26(28)30-4)14-24(22)29-3/h5-15H,1-4H3. The fraction of sp³-hybridized carbons (Fsp3) is 0.154. The van der Waals surface area contributed by atoms with E-state index in [0.29, 0.717) is 22.8 Å². The normalized spacial score (nSPS) is 10.7. The number of rotatable bonds is 5. The van der Waals surface area contributed by atoms with Crippen molar-refractivity contribution in [2.45, 2.75) is 13.8 Å².